The van der Waals surface area contributed by atoms with E-state index in [1.165, 1.54) is 24.6 Å². The highest BCUT2D eigenvalue weighted by atomic mass is 19.4. The van der Waals surface area contributed by atoms with Gasteiger partial charge in [-0.1, -0.05) is 25.3 Å². The van der Waals surface area contributed by atoms with Crippen LogP contribution in [-0.4, -0.2) is 24.9 Å². The molecule has 0 radical (unpaired) electrons. The van der Waals surface area contributed by atoms with Gasteiger partial charge >= 0.3 is 12.2 Å². The van der Waals surface area contributed by atoms with Gasteiger partial charge in [-0.2, -0.15) is 13.2 Å². The van der Waals surface area contributed by atoms with Crippen LogP contribution in [0.3, 0.4) is 0 Å². The topological polar surface area (TPSA) is 50.4 Å². The van der Waals surface area contributed by atoms with E-state index < -0.39 is 12.8 Å². The van der Waals surface area contributed by atoms with E-state index in [0.29, 0.717) is 5.69 Å². The predicted molar refractivity (Wildman–Crippen MR) is 77.0 cm³/mol. The Kier molecular flexibility index (Phi) is 5.51. The fraction of sp³-hybridized carbons (Fsp3) is 0.533. The number of hydrogen-bond acceptors (Lipinski definition) is 2. The summed E-state index contributed by atoms with van der Waals surface area (Å²) in [6.45, 7) is -1.36. The predicted octanol–water partition coefficient (Wildman–Crippen LogP) is 4.08. The molecule has 0 spiro atoms. The number of alkyl halides is 3. The molecule has 0 heterocycles. The highest BCUT2D eigenvalue weighted by molar-refractivity contribution is 5.89. The van der Waals surface area contributed by atoms with Crippen LogP contribution in [0.5, 0.6) is 5.75 Å². The van der Waals surface area contributed by atoms with Crippen LogP contribution >= 0.6 is 0 Å². The average Bonchev–Trinajstić information content (AvgIpc) is 2.46. The molecule has 1 aromatic rings. The van der Waals surface area contributed by atoms with E-state index in [4.69, 9.17) is 0 Å². The molecule has 0 bridgehead atoms. The Morgan fingerprint density at radius 2 is 1.95 bits per heavy atom. The molecule has 122 valence electrons. The van der Waals surface area contributed by atoms with E-state index in [-0.39, 0.29) is 17.8 Å². The zero-order valence-electron chi connectivity index (χ0n) is 12.1. The molecule has 2 rings (SSSR count). The Morgan fingerprint density at radius 3 is 2.64 bits per heavy atom. The quantitative estimate of drug-likeness (QED) is 0.879. The zero-order chi connectivity index (χ0) is 16.0. The maximum Gasteiger partial charge on any atom is 0.422 e. The van der Waals surface area contributed by atoms with Crippen LogP contribution in [0.1, 0.15) is 32.1 Å². The van der Waals surface area contributed by atoms with E-state index in [1.54, 1.807) is 6.07 Å². The van der Waals surface area contributed by atoms with Crippen LogP contribution in [-0.2, 0) is 0 Å². The number of halogens is 3. The summed E-state index contributed by atoms with van der Waals surface area (Å²) in [6.07, 6.45) is 0.932. The lowest BCUT2D eigenvalue weighted by Gasteiger charge is -2.22. The van der Waals surface area contributed by atoms with Crippen LogP contribution < -0.4 is 15.4 Å². The molecule has 22 heavy (non-hydrogen) atoms. The van der Waals surface area contributed by atoms with Crippen molar-refractivity contribution >= 4 is 11.7 Å². The molecule has 1 aromatic carbocycles. The zero-order valence-corrected chi connectivity index (χ0v) is 12.1. The molecule has 4 nitrogen and oxygen atoms in total. The number of rotatable bonds is 4. The van der Waals surface area contributed by atoms with Crippen LogP contribution in [0.2, 0.25) is 0 Å². The molecule has 2 N–H and O–H groups in total. The summed E-state index contributed by atoms with van der Waals surface area (Å²) in [4.78, 5) is 11.9. The summed E-state index contributed by atoms with van der Waals surface area (Å²) >= 11 is 0. The van der Waals surface area contributed by atoms with Gasteiger partial charge in [0.05, 0.1) is 0 Å². The van der Waals surface area contributed by atoms with Gasteiger partial charge in [0.15, 0.2) is 6.61 Å². The fourth-order valence-corrected chi connectivity index (χ4v) is 2.43. The fourth-order valence-electron chi connectivity index (χ4n) is 2.43. The van der Waals surface area contributed by atoms with E-state index in [2.05, 4.69) is 15.4 Å². The van der Waals surface area contributed by atoms with Crippen molar-refractivity contribution in [3.63, 3.8) is 0 Å². The normalized spacial score (nSPS) is 16.1. The van der Waals surface area contributed by atoms with Gasteiger partial charge in [0.25, 0.3) is 0 Å². The van der Waals surface area contributed by atoms with Gasteiger partial charge in [-0.25, -0.2) is 4.79 Å². The van der Waals surface area contributed by atoms with Crippen LogP contribution in [0.4, 0.5) is 23.7 Å². The molecule has 1 aliphatic carbocycles. The summed E-state index contributed by atoms with van der Waals surface area (Å²) in [6, 6.07) is 5.73. The van der Waals surface area contributed by atoms with Gasteiger partial charge in [-0.3, -0.25) is 0 Å². The largest absolute Gasteiger partial charge is 0.484 e. The third kappa shape index (κ3) is 5.83. The number of carbonyl (C=O) groups is 1. The van der Waals surface area contributed by atoms with Gasteiger partial charge in [0, 0.05) is 17.8 Å². The second-order valence-electron chi connectivity index (χ2n) is 5.37. The maximum atomic E-state index is 12.1. The molecule has 0 aliphatic heterocycles. The van der Waals surface area contributed by atoms with E-state index in [0.717, 1.165) is 25.7 Å². The smallest absolute Gasteiger partial charge is 0.422 e. The first-order chi connectivity index (χ1) is 10.4. The minimum Gasteiger partial charge on any atom is -0.484 e. The third-order valence-electron chi connectivity index (χ3n) is 3.43. The van der Waals surface area contributed by atoms with Crippen LogP contribution in [0.15, 0.2) is 24.3 Å². The maximum absolute atomic E-state index is 12.1. The second kappa shape index (κ2) is 7.38. The number of benzene rings is 1. The van der Waals surface area contributed by atoms with Crippen molar-refractivity contribution in [2.24, 2.45) is 0 Å². The molecular weight excluding hydrogens is 297 g/mol. The Bertz CT molecular complexity index is 500. The summed E-state index contributed by atoms with van der Waals surface area (Å²) in [5, 5.41) is 5.49. The lowest BCUT2D eigenvalue weighted by Crippen LogP contribution is -2.39. The van der Waals surface area contributed by atoms with Crippen LogP contribution in [0, 0.1) is 0 Å². The van der Waals surface area contributed by atoms with Crippen LogP contribution in [0.25, 0.3) is 0 Å². The number of carbonyl (C=O) groups excluding carboxylic acids is 1. The number of amides is 2. The molecule has 0 saturated heterocycles. The van der Waals surface area contributed by atoms with Crippen molar-refractivity contribution in [3.05, 3.63) is 24.3 Å². The minimum atomic E-state index is -4.39. The second-order valence-corrected chi connectivity index (χ2v) is 5.37. The number of ether oxygens (including phenoxy) is 1. The molecular formula is C15H19F3N2O2. The first-order valence-corrected chi connectivity index (χ1v) is 7.29. The van der Waals surface area contributed by atoms with Crippen molar-refractivity contribution < 1.29 is 22.7 Å². The summed E-state index contributed by atoms with van der Waals surface area (Å²) < 4.78 is 41.0. The average molecular weight is 316 g/mol. The molecule has 1 aliphatic rings. The van der Waals surface area contributed by atoms with Crippen molar-refractivity contribution in [2.45, 2.75) is 44.3 Å². The highest BCUT2D eigenvalue weighted by Crippen LogP contribution is 2.22. The minimum absolute atomic E-state index is 0.0628. The molecule has 7 heteroatoms. The monoisotopic (exact) mass is 316 g/mol. The lowest BCUT2D eigenvalue weighted by atomic mass is 9.96. The first-order valence-electron chi connectivity index (χ1n) is 7.29. The molecule has 2 amide bonds. The van der Waals surface area contributed by atoms with Gasteiger partial charge in [0.1, 0.15) is 5.75 Å². The Labute approximate surface area is 127 Å². The van der Waals surface area contributed by atoms with Crippen molar-refractivity contribution in [3.8, 4) is 5.75 Å². The Hall–Kier alpha value is -1.92. The molecule has 1 fully saturated rings. The molecule has 1 saturated carbocycles. The first kappa shape index (κ1) is 16.5. The van der Waals surface area contributed by atoms with Gasteiger partial charge < -0.3 is 15.4 Å². The number of nitrogens with one attached hydrogen (secondary N) is 2. The van der Waals surface area contributed by atoms with Crippen molar-refractivity contribution in [1.82, 2.24) is 5.32 Å². The lowest BCUT2D eigenvalue weighted by molar-refractivity contribution is -0.153. The van der Waals surface area contributed by atoms with Gasteiger partial charge in [0.2, 0.25) is 0 Å². The summed E-state index contributed by atoms with van der Waals surface area (Å²) in [7, 11) is 0. The Morgan fingerprint density at radius 1 is 1.23 bits per heavy atom. The number of anilines is 1. The van der Waals surface area contributed by atoms with Gasteiger partial charge in [-0.15, -0.1) is 0 Å². The third-order valence-corrected chi connectivity index (χ3v) is 3.43. The summed E-state index contributed by atoms with van der Waals surface area (Å²) in [5.74, 6) is 0.0628. The van der Waals surface area contributed by atoms with E-state index in [9.17, 15) is 18.0 Å². The van der Waals surface area contributed by atoms with E-state index >= 15 is 0 Å². The summed E-state index contributed by atoms with van der Waals surface area (Å²) in [5.41, 5.74) is 0.396. The van der Waals surface area contributed by atoms with Crippen molar-refractivity contribution in [1.29, 1.82) is 0 Å². The van der Waals surface area contributed by atoms with Gasteiger partial charge in [-0.05, 0) is 25.0 Å². The standard InChI is InChI=1S/C15H19F3N2O2/c16-15(17,18)10-22-13-8-4-7-12(9-13)20-14(21)19-11-5-2-1-3-6-11/h4,7-9,11H,1-3,5-6,10H2,(H2,19,20,21). The SMILES string of the molecule is O=C(Nc1cccc(OCC(F)(F)F)c1)NC1CCCCC1. The van der Waals surface area contributed by atoms with Crippen molar-refractivity contribution in [2.75, 3.05) is 11.9 Å². The molecule has 0 unspecified atom stereocenters. The highest BCUT2D eigenvalue weighted by Gasteiger charge is 2.28. The molecule has 0 aromatic heterocycles. The number of urea groups is 1. The molecule has 0 atom stereocenters. The number of hydrogen-bond donors (Lipinski definition) is 2. The Balaban J connectivity index is 1.85. The van der Waals surface area contributed by atoms with E-state index in [1.807, 2.05) is 0 Å².